The number of nitrogens with zero attached hydrogens (tertiary/aromatic N) is 1. The first kappa shape index (κ1) is 18.9. The smallest absolute Gasteiger partial charge is 0.246 e. The molecule has 3 atom stereocenters. The quantitative estimate of drug-likeness (QED) is 0.787. The molecule has 2 N–H and O–H groups in total. The minimum atomic E-state index is -0.939. The Morgan fingerprint density at radius 3 is 2.88 bits per heavy atom. The second kappa shape index (κ2) is 8.58. The van der Waals surface area contributed by atoms with Crippen molar-refractivity contribution in [3.8, 4) is 0 Å². The monoisotopic (exact) mass is 357 g/mol. The minimum Gasteiger partial charge on any atom is -0.390 e. The molecule has 0 radical (unpaired) electrons. The lowest BCUT2D eigenvalue weighted by molar-refractivity contribution is -0.138. The van der Waals surface area contributed by atoms with E-state index in [2.05, 4.69) is 0 Å². The highest BCUT2D eigenvalue weighted by Gasteiger charge is 2.32. The Balaban J connectivity index is 2.01. The molecule has 0 aromatic heterocycles. The molecule has 1 heterocycles. The molecule has 0 aliphatic carbocycles. The van der Waals surface area contributed by atoms with Gasteiger partial charge < -0.3 is 19.8 Å². The molecule has 7 heteroatoms. The zero-order valence-electron chi connectivity index (χ0n) is 13.4. The molecule has 1 saturated heterocycles. The number of hydrogen-bond donors (Lipinski definition) is 2. The normalized spacial score (nSPS) is 24.3. The van der Waals surface area contributed by atoms with Gasteiger partial charge in [-0.3, -0.25) is 4.79 Å². The maximum absolute atomic E-state index is 13.0. The molecule has 0 saturated carbocycles. The lowest BCUT2D eigenvalue weighted by atomic mass is 9.96. The summed E-state index contributed by atoms with van der Waals surface area (Å²) in [6.45, 7) is 2.92. The van der Waals surface area contributed by atoms with Crippen molar-refractivity contribution in [1.29, 1.82) is 0 Å². The molecule has 5 nitrogen and oxygen atoms in total. The van der Waals surface area contributed by atoms with Gasteiger partial charge in [0.05, 0.1) is 24.3 Å². The number of rotatable bonds is 5. The summed E-state index contributed by atoms with van der Waals surface area (Å²) >= 11 is 5.92. The lowest BCUT2D eigenvalue weighted by Gasteiger charge is -2.34. The van der Waals surface area contributed by atoms with Gasteiger partial charge in [-0.25, -0.2) is 4.39 Å². The molecular weight excluding hydrogens is 337 g/mol. The average Bonchev–Trinajstić information content (AvgIpc) is 2.55. The van der Waals surface area contributed by atoms with Crippen molar-refractivity contribution in [3.63, 3.8) is 0 Å². The Kier molecular flexibility index (Phi) is 6.74. The molecule has 1 aliphatic rings. The van der Waals surface area contributed by atoms with Gasteiger partial charge in [0.2, 0.25) is 5.91 Å². The van der Waals surface area contributed by atoms with Gasteiger partial charge in [-0.05, 0) is 30.7 Å². The molecule has 0 bridgehead atoms. The molecule has 1 fully saturated rings. The average molecular weight is 358 g/mol. The highest BCUT2D eigenvalue weighted by atomic mass is 35.5. The SMILES string of the molecule is CCN(C[C@@H]1COC[C@@H](O)[C@H]1O)C(=O)/C=C/c1ccc(F)cc1Cl. The predicted molar refractivity (Wildman–Crippen MR) is 89.0 cm³/mol. The maximum Gasteiger partial charge on any atom is 0.246 e. The fourth-order valence-corrected chi connectivity index (χ4v) is 2.80. The van der Waals surface area contributed by atoms with Crippen LogP contribution in [-0.2, 0) is 9.53 Å². The zero-order valence-corrected chi connectivity index (χ0v) is 14.1. The van der Waals surface area contributed by atoms with Crippen molar-refractivity contribution in [1.82, 2.24) is 4.90 Å². The number of aliphatic hydroxyl groups excluding tert-OH is 2. The first-order valence-electron chi connectivity index (χ1n) is 7.78. The molecule has 0 unspecified atom stereocenters. The number of halogens is 2. The number of benzene rings is 1. The van der Waals surface area contributed by atoms with Crippen LogP contribution in [0.1, 0.15) is 12.5 Å². The van der Waals surface area contributed by atoms with Crippen LogP contribution in [0.25, 0.3) is 6.08 Å². The molecular formula is C17H21ClFNO4. The van der Waals surface area contributed by atoms with Gasteiger partial charge in [-0.2, -0.15) is 0 Å². The largest absolute Gasteiger partial charge is 0.390 e. The first-order chi connectivity index (χ1) is 11.4. The second-order valence-corrected chi connectivity index (χ2v) is 6.14. The summed E-state index contributed by atoms with van der Waals surface area (Å²) in [7, 11) is 0. The van der Waals surface area contributed by atoms with Gasteiger partial charge in [0.15, 0.2) is 0 Å². The Hall–Kier alpha value is -1.47. The molecule has 1 aliphatic heterocycles. The summed E-state index contributed by atoms with van der Waals surface area (Å²) in [4.78, 5) is 13.9. The minimum absolute atomic E-state index is 0.0979. The molecule has 1 aromatic carbocycles. The number of aliphatic hydroxyl groups is 2. The van der Waals surface area contributed by atoms with Crippen LogP contribution in [0.4, 0.5) is 4.39 Å². The Bertz CT molecular complexity index is 610. The van der Waals surface area contributed by atoms with Crippen molar-refractivity contribution in [2.24, 2.45) is 5.92 Å². The van der Waals surface area contributed by atoms with E-state index < -0.39 is 18.0 Å². The second-order valence-electron chi connectivity index (χ2n) is 5.73. The van der Waals surface area contributed by atoms with Crippen molar-refractivity contribution < 1.29 is 24.1 Å². The molecule has 1 amide bonds. The predicted octanol–water partition coefficient (Wildman–Crippen LogP) is 1.71. The van der Waals surface area contributed by atoms with Crippen molar-refractivity contribution >= 4 is 23.6 Å². The van der Waals surface area contributed by atoms with Crippen LogP contribution < -0.4 is 0 Å². The van der Waals surface area contributed by atoms with E-state index >= 15 is 0 Å². The molecule has 132 valence electrons. The highest BCUT2D eigenvalue weighted by molar-refractivity contribution is 6.32. The number of likely N-dealkylation sites (N-methyl/N-ethyl adjacent to an activating group) is 1. The number of hydrogen-bond acceptors (Lipinski definition) is 4. The summed E-state index contributed by atoms with van der Waals surface area (Å²) in [6.07, 6.45) is 1.02. The van der Waals surface area contributed by atoms with E-state index in [0.717, 1.165) is 0 Å². The third-order valence-corrected chi connectivity index (χ3v) is 4.34. The van der Waals surface area contributed by atoms with Gasteiger partial charge in [0, 0.05) is 25.1 Å². The zero-order chi connectivity index (χ0) is 17.7. The van der Waals surface area contributed by atoms with E-state index in [1.165, 1.54) is 30.4 Å². The van der Waals surface area contributed by atoms with Crippen LogP contribution in [-0.4, -0.2) is 59.5 Å². The van der Waals surface area contributed by atoms with Gasteiger partial charge >= 0.3 is 0 Å². The van der Waals surface area contributed by atoms with E-state index in [4.69, 9.17) is 16.3 Å². The van der Waals surface area contributed by atoms with Crippen molar-refractivity contribution in [3.05, 3.63) is 40.7 Å². The lowest BCUT2D eigenvalue weighted by Crippen LogP contribution is -2.49. The Labute approximate surface area is 145 Å². The first-order valence-corrected chi connectivity index (χ1v) is 8.16. The standard InChI is InChI=1S/C17H21ClFNO4/c1-2-20(8-12-9-24-10-15(21)17(12)23)16(22)6-4-11-3-5-13(19)7-14(11)18/h3-7,12,15,17,21,23H,2,8-10H2,1H3/b6-4+/t12-,15-,17+/m1/s1. The van der Waals surface area contributed by atoms with E-state index in [1.54, 1.807) is 4.90 Å². The molecule has 2 rings (SSSR count). The number of amides is 1. The fourth-order valence-electron chi connectivity index (χ4n) is 2.57. The van der Waals surface area contributed by atoms with E-state index in [1.807, 2.05) is 6.92 Å². The molecule has 0 spiro atoms. The molecule has 24 heavy (non-hydrogen) atoms. The van der Waals surface area contributed by atoms with Crippen LogP contribution in [0, 0.1) is 11.7 Å². The summed E-state index contributed by atoms with van der Waals surface area (Å²) in [5, 5.41) is 19.9. The van der Waals surface area contributed by atoms with Crippen LogP contribution >= 0.6 is 11.6 Å². The van der Waals surface area contributed by atoms with Crippen LogP contribution in [0.2, 0.25) is 5.02 Å². The third-order valence-electron chi connectivity index (χ3n) is 4.01. The topological polar surface area (TPSA) is 70.0 Å². The fraction of sp³-hybridized carbons (Fsp3) is 0.471. The van der Waals surface area contributed by atoms with Crippen molar-refractivity contribution in [2.45, 2.75) is 19.1 Å². The number of carbonyl (C=O) groups is 1. The summed E-state index contributed by atoms with van der Waals surface area (Å²) in [6, 6.07) is 3.94. The summed E-state index contributed by atoms with van der Waals surface area (Å²) in [5.74, 6) is -1.05. The van der Waals surface area contributed by atoms with Gasteiger partial charge in [-0.1, -0.05) is 17.7 Å². The van der Waals surface area contributed by atoms with Gasteiger partial charge in [0.25, 0.3) is 0 Å². The number of carbonyl (C=O) groups excluding carboxylic acids is 1. The van der Waals surface area contributed by atoms with Gasteiger partial charge in [-0.15, -0.1) is 0 Å². The van der Waals surface area contributed by atoms with Crippen LogP contribution in [0.3, 0.4) is 0 Å². The maximum atomic E-state index is 13.0. The number of ether oxygens (including phenoxy) is 1. The highest BCUT2D eigenvalue weighted by Crippen LogP contribution is 2.20. The van der Waals surface area contributed by atoms with Crippen LogP contribution in [0.5, 0.6) is 0 Å². The summed E-state index contributed by atoms with van der Waals surface area (Å²) in [5.41, 5.74) is 0.541. The van der Waals surface area contributed by atoms with Gasteiger partial charge in [0.1, 0.15) is 11.9 Å². The van der Waals surface area contributed by atoms with E-state index in [9.17, 15) is 19.4 Å². The Morgan fingerprint density at radius 1 is 1.46 bits per heavy atom. The van der Waals surface area contributed by atoms with Crippen LogP contribution in [0.15, 0.2) is 24.3 Å². The summed E-state index contributed by atoms with van der Waals surface area (Å²) < 4.78 is 18.2. The third kappa shape index (κ3) is 4.77. The molecule has 1 aromatic rings. The Morgan fingerprint density at radius 2 is 2.21 bits per heavy atom. The van der Waals surface area contributed by atoms with E-state index in [-0.39, 0.29) is 36.6 Å². The van der Waals surface area contributed by atoms with Crippen molar-refractivity contribution in [2.75, 3.05) is 26.3 Å². The van der Waals surface area contributed by atoms with E-state index in [0.29, 0.717) is 12.1 Å².